The van der Waals surface area contributed by atoms with Gasteiger partial charge >= 0.3 is 0 Å². The van der Waals surface area contributed by atoms with E-state index in [1.165, 1.54) is 5.56 Å². The molecule has 2 aromatic carbocycles. The van der Waals surface area contributed by atoms with E-state index in [0.717, 1.165) is 46.7 Å². The Morgan fingerprint density at radius 3 is 2.34 bits per heavy atom. The molecule has 0 amide bonds. The number of para-hydroxylation sites is 1. The molecule has 0 aliphatic carbocycles. The lowest BCUT2D eigenvalue weighted by Crippen LogP contribution is -2.58. The van der Waals surface area contributed by atoms with Crippen molar-refractivity contribution in [2.24, 2.45) is 0 Å². The number of nitro groups is 1. The topological polar surface area (TPSA) is 55.6 Å². The van der Waals surface area contributed by atoms with Gasteiger partial charge in [-0.25, -0.2) is 0 Å². The normalized spacial score (nSPS) is 20.8. The van der Waals surface area contributed by atoms with Crippen LogP contribution in [-0.2, 0) is 12.0 Å². The minimum absolute atomic E-state index is 0.117. The molecule has 2 heterocycles. The van der Waals surface area contributed by atoms with Crippen LogP contribution in [0.3, 0.4) is 0 Å². The average Bonchev–Trinajstić information content (AvgIpc) is 2.96. The highest BCUT2D eigenvalue weighted by Crippen LogP contribution is 2.55. The lowest BCUT2D eigenvalue weighted by molar-refractivity contribution is -0.936. The van der Waals surface area contributed by atoms with Gasteiger partial charge in [0.2, 0.25) is 5.72 Å². The number of benzene rings is 2. The van der Waals surface area contributed by atoms with Crippen LogP contribution in [0, 0.1) is 10.1 Å². The highest BCUT2D eigenvalue weighted by Gasteiger charge is 2.57. The summed E-state index contributed by atoms with van der Waals surface area (Å²) in [6, 6.07) is 11.8. The monoisotopic (exact) mass is 436 g/mol. The number of non-ortho nitro benzene ring substituents is 1. The first-order valence-corrected chi connectivity index (χ1v) is 11.5. The third kappa shape index (κ3) is 3.04. The van der Waals surface area contributed by atoms with Crippen LogP contribution in [0.15, 0.2) is 42.5 Å². The lowest BCUT2D eigenvalue weighted by Gasteiger charge is -2.46. The van der Waals surface area contributed by atoms with Crippen LogP contribution < -0.4 is 9.64 Å². The predicted molar refractivity (Wildman–Crippen MR) is 129 cm³/mol. The summed E-state index contributed by atoms with van der Waals surface area (Å²) in [7, 11) is 2.07. The van der Waals surface area contributed by atoms with Gasteiger partial charge in [0.05, 0.1) is 35.5 Å². The highest BCUT2D eigenvalue weighted by molar-refractivity contribution is 5.73. The summed E-state index contributed by atoms with van der Waals surface area (Å²) < 4.78 is 7.80. The van der Waals surface area contributed by atoms with E-state index in [1.54, 1.807) is 12.1 Å². The summed E-state index contributed by atoms with van der Waals surface area (Å²) >= 11 is 0. The van der Waals surface area contributed by atoms with Crippen LogP contribution in [0.4, 0.5) is 11.4 Å². The first kappa shape index (κ1) is 22.3. The molecule has 0 fully saturated rings. The largest absolute Gasteiger partial charge is 0.462 e. The molecule has 32 heavy (non-hydrogen) atoms. The summed E-state index contributed by atoms with van der Waals surface area (Å²) in [5.74, 6) is 0.767. The second-order valence-electron chi connectivity index (χ2n) is 9.56. The molecule has 0 saturated carbocycles. The molecule has 6 nitrogen and oxygen atoms in total. The molecule has 1 atom stereocenters. The standard InChI is InChI=1S/C26H34N3O3/c1-7-29(8-2,9-3)18-20-17-21(28(30)31)16-19-14-15-26(32-24(19)20)25(4,5)22-12-10-11-13-23(22)27(26)6/h10-17H,7-9,18H2,1-6H3/q+1. The lowest BCUT2D eigenvalue weighted by atomic mass is 9.76. The molecule has 4 rings (SSSR count). The van der Waals surface area contributed by atoms with Crippen LogP contribution in [0.1, 0.15) is 51.3 Å². The van der Waals surface area contributed by atoms with Crippen LogP contribution in [0.25, 0.3) is 6.08 Å². The Labute approximate surface area is 190 Å². The van der Waals surface area contributed by atoms with Crippen molar-refractivity contribution < 1.29 is 14.1 Å². The zero-order chi connectivity index (χ0) is 23.3. The van der Waals surface area contributed by atoms with Crippen LogP contribution >= 0.6 is 0 Å². The van der Waals surface area contributed by atoms with Gasteiger partial charge in [0.15, 0.2) is 0 Å². The van der Waals surface area contributed by atoms with Crippen molar-refractivity contribution in [2.75, 3.05) is 31.6 Å². The minimum atomic E-state index is -0.700. The van der Waals surface area contributed by atoms with E-state index in [0.29, 0.717) is 6.54 Å². The molecule has 1 spiro atoms. The molecular formula is C26H34N3O3+. The van der Waals surface area contributed by atoms with Gasteiger partial charge in [-0.05, 0) is 58.4 Å². The fourth-order valence-electron chi connectivity index (χ4n) is 5.53. The van der Waals surface area contributed by atoms with Crippen molar-refractivity contribution in [2.45, 2.75) is 52.3 Å². The van der Waals surface area contributed by atoms with Gasteiger partial charge in [0.25, 0.3) is 5.69 Å². The molecule has 0 N–H and O–H groups in total. The molecule has 2 aromatic rings. The number of hydrogen-bond donors (Lipinski definition) is 0. The van der Waals surface area contributed by atoms with Gasteiger partial charge in [-0.3, -0.25) is 10.1 Å². The quantitative estimate of drug-likeness (QED) is 0.341. The van der Waals surface area contributed by atoms with E-state index in [1.807, 2.05) is 6.08 Å². The molecular weight excluding hydrogens is 402 g/mol. The number of quaternary nitrogens is 1. The number of likely N-dealkylation sites (N-methyl/N-ethyl adjacent to an activating group) is 1. The zero-order valence-electron chi connectivity index (χ0n) is 20.0. The SMILES string of the molecule is CC[N+](CC)(CC)Cc1cc([N+](=O)[O-])cc2c1OC1(C=C2)N(C)c2ccccc2C1(C)C. The Bertz CT molecular complexity index is 1080. The number of fused-ring (bicyclic) bond motifs is 2. The van der Waals surface area contributed by atoms with E-state index in [4.69, 9.17) is 4.74 Å². The summed E-state index contributed by atoms with van der Waals surface area (Å²) in [6.07, 6.45) is 4.09. The third-order valence-electron chi connectivity index (χ3n) is 7.99. The van der Waals surface area contributed by atoms with Crippen LogP contribution in [-0.4, -0.2) is 41.8 Å². The number of hydrogen-bond acceptors (Lipinski definition) is 4. The molecule has 170 valence electrons. The first-order chi connectivity index (χ1) is 15.1. The number of nitro benzene ring substituents is 1. The number of rotatable bonds is 6. The summed E-state index contributed by atoms with van der Waals surface area (Å²) in [5, 5.41) is 11.7. The Hall–Kier alpha value is -2.86. The first-order valence-electron chi connectivity index (χ1n) is 11.5. The molecule has 0 bridgehead atoms. The zero-order valence-corrected chi connectivity index (χ0v) is 20.0. The van der Waals surface area contributed by atoms with Crippen molar-refractivity contribution in [1.29, 1.82) is 0 Å². The summed E-state index contributed by atoms with van der Waals surface area (Å²) in [5.41, 5.74) is 3.18. The van der Waals surface area contributed by atoms with E-state index < -0.39 is 5.72 Å². The third-order valence-corrected chi connectivity index (χ3v) is 7.99. The second-order valence-corrected chi connectivity index (χ2v) is 9.56. The van der Waals surface area contributed by atoms with Gasteiger partial charge in [0, 0.05) is 30.4 Å². The minimum Gasteiger partial charge on any atom is -0.462 e. The van der Waals surface area contributed by atoms with E-state index in [-0.39, 0.29) is 16.0 Å². The Morgan fingerprint density at radius 1 is 1.09 bits per heavy atom. The number of nitrogens with zero attached hydrogens (tertiary/aromatic N) is 3. The molecule has 6 heteroatoms. The maximum Gasteiger partial charge on any atom is 0.270 e. The van der Waals surface area contributed by atoms with Crippen molar-refractivity contribution in [3.8, 4) is 5.75 Å². The summed E-state index contributed by atoms with van der Waals surface area (Å²) in [4.78, 5) is 13.6. The van der Waals surface area contributed by atoms with Gasteiger partial charge in [-0.2, -0.15) is 0 Å². The Morgan fingerprint density at radius 2 is 1.75 bits per heavy atom. The average molecular weight is 437 g/mol. The Kier molecular flexibility index (Phi) is 5.32. The number of anilines is 1. The number of ether oxygens (including phenoxy) is 1. The highest BCUT2D eigenvalue weighted by atomic mass is 16.6. The van der Waals surface area contributed by atoms with Crippen molar-refractivity contribution in [3.63, 3.8) is 0 Å². The molecule has 2 aliphatic heterocycles. The molecule has 1 unspecified atom stereocenters. The fourth-order valence-corrected chi connectivity index (χ4v) is 5.53. The van der Waals surface area contributed by atoms with Crippen molar-refractivity contribution in [3.05, 3.63) is 69.3 Å². The molecule has 0 saturated heterocycles. The van der Waals surface area contributed by atoms with Gasteiger partial charge in [0.1, 0.15) is 12.3 Å². The van der Waals surface area contributed by atoms with Gasteiger partial charge < -0.3 is 14.1 Å². The van der Waals surface area contributed by atoms with E-state index >= 15 is 0 Å². The van der Waals surface area contributed by atoms with Gasteiger partial charge in [-0.15, -0.1) is 0 Å². The van der Waals surface area contributed by atoms with Crippen molar-refractivity contribution >= 4 is 17.5 Å². The fraction of sp³-hybridized carbons (Fsp3) is 0.462. The Balaban J connectivity index is 1.88. The van der Waals surface area contributed by atoms with Crippen LogP contribution in [0.2, 0.25) is 0 Å². The van der Waals surface area contributed by atoms with E-state index in [9.17, 15) is 10.1 Å². The summed E-state index contributed by atoms with van der Waals surface area (Å²) in [6.45, 7) is 14.6. The van der Waals surface area contributed by atoms with Crippen molar-refractivity contribution in [1.82, 2.24) is 0 Å². The molecule has 2 aliphatic rings. The molecule has 0 radical (unpaired) electrons. The smallest absolute Gasteiger partial charge is 0.270 e. The van der Waals surface area contributed by atoms with Crippen LogP contribution in [0.5, 0.6) is 5.75 Å². The van der Waals surface area contributed by atoms with Gasteiger partial charge in [-0.1, -0.05) is 18.2 Å². The maximum absolute atomic E-state index is 11.7. The second kappa shape index (κ2) is 7.62. The predicted octanol–water partition coefficient (Wildman–Crippen LogP) is 5.50. The van der Waals surface area contributed by atoms with E-state index in [2.05, 4.69) is 76.9 Å². The maximum atomic E-state index is 11.7. The molecule has 0 aromatic heterocycles.